The van der Waals surface area contributed by atoms with Crippen molar-refractivity contribution in [1.82, 2.24) is 19.4 Å². The summed E-state index contributed by atoms with van der Waals surface area (Å²) >= 11 is 5.92. The van der Waals surface area contributed by atoms with Gasteiger partial charge in [-0.2, -0.15) is 18.3 Å². The van der Waals surface area contributed by atoms with Gasteiger partial charge in [0, 0.05) is 36.1 Å². The van der Waals surface area contributed by atoms with Gasteiger partial charge >= 0.3 is 18.5 Å². The standard InChI is InChI=1S/C21H19ClF4N4O4S.C2HF3O2/c1-11-16-6-17(20(31)28-35(2,32)33)18(23)7-19(16)30(27-11)14-9-29(10-14)8-12-3-13(22)5-15(4-12)34-21(24,25)26;3-2(4,5)1(6)7/h3-7,14H,8-10H2,1-2H3,(H,28,31);(H,6,7). The van der Waals surface area contributed by atoms with Gasteiger partial charge in [-0.3, -0.25) is 14.4 Å². The molecular weight excluding hydrogens is 629 g/mol. The van der Waals surface area contributed by atoms with Gasteiger partial charge in [-0.25, -0.2) is 22.3 Å². The zero-order chi connectivity index (χ0) is 31.8. The molecule has 1 aliphatic rings. The van der Waals surface area contributed by atoms with Crippen LogP contribution in [0.4, 0.5) is 30.7 Å². The minimum Gasteiger partial charge on any atom is -0.475 e. The Morgan fingerprint density at radius 3 is 2.24 bits per heavy atom. The molecule has 4 rings (SSSR count). The molecule has 19 heteroatoms. The molecule has 0 saturated carbocycles. The van der Waals surface area contributed by atoms with Crippen molar-refractivity contribution < 1.29 is 58.6 Å². The smallest absolute Gasteiger partial charge is 0.475 e. The number of carbonyl (C=O) groups is 2. The Balaban J connectivity index is 0.000000616. The molecule has 230 valence electrons. The van der Waals surface area contributed by atoms with Crippen molar-refractivity contribution in [2.24, 2.45) is 0 Å². The molecule has 2 heterocycles. The number of aryl methyl sites for hydroxylation is 1. The van der Waals surface area contributed by atoms with Gasteiger partial charge in [0.15, 0.2) is 0 Å². The fraction of sp³-hybridized carbons (Fsp3) is 0.348. The number of aromatic nitrogens is 2. The summed E-state index contributed by atoms with van der Waals surface area (Å²) < 4.78 is 114. The number of fused-ring (bicyclic) bond motifs is 1. The number of hydrogen-bond donors (Lipinski definition) is 2. The van der Waals surface area contributed by atoms with E-state index in [9.17, 15) is 43.9 Å². The quantitative estimate of drug-likeness (QED) is 0.376. The maximum atomic E-state index is 14.7. The Morgan fingerprint density at radius 1 is 1.12 bits per heavy atom. The highest BCUT2D eigenvalue weighted by molar-refractivity contribution is 7.89. The van der Waals surface area contributed by atoms with Gasteiger partial charge in [-0.1, -0.05) is 11.6 Å². The number of carboxylic acid groups (broad SMARTS) is 1. The van der Waals surface area contributed by atoms with Gasteiger partial charge < -0.3 is 9.84 Å². The zero-order valence-electron chi connectivity index (χ0n) is 21.3. The monoisotopic (exact) mass is 648 g/mol. The summed E-state index contributed by atoms with van der Waals surface area (Å²) in [6.45, 7) is 2.96. The highest BCUT2D eigenvalue weighted by atomic mass is 35.5. The first-order chi connectivity index (χ1) is 19.1. The summed E-state index contributed by atoms with van der Waals surface area (Å²) in [7, 11) is -3.87. The van der Waals surface area contributed by atoms with E-state index in [1.165, 1.54) is 12.1 Å². The summed E-state index contributed by atoms with van der Waals surface area (Å²) in [4.78, 5) is 23.0. The highest BCUT2D eigenvalue weighted by Gasteiger charge is 2.38. The van der Waals surface area contributed by atoms with Gasteiger partial charge in [0.1, 0.15) is 11.6 Å². The number of carboxylic acids is 1. The molecular formula is C23H20ClF7N4O6S. The van der Waals surface area contributed by atoms with Crippen LogP contribution in [0.25, 0.3) is 10.9 Å². The number of nitrogens with one attached hydrogen (secondary N) is 1. The zero-order valence-corrected chi connectivity index (χ0v) is 22.9. The van der Waals surface area contributed by atoms with Crippen molar-refractivity contribution in [1.29, 1.82) is 0 Å². The van der Waals surface area contributed by atoms with Crippen molar-refractivity contribution in [3.05, 3.63) is 58.0 Å². The number of halogens is 8. The normalized spacial score (nSPS) is 14.6. The van der Waals surface area contributed by atoms with Gasteiger partial charge in [0.25, 0.3) is 5.91 Å². The first-order valence-electron chi connectivity index (χ1n) is 11.4. The first kappa shape index (κ1) is 32.9. The lowest BCUT2D eigenvalue weighted by molar-refractivity contribution is -0.274. The fourth-order valence-electron chi connectivity index (χ4n) is 3.98. The molecule has 0 spiro atoms. The Hall–Kier alpha value is -3.64. The number of likely N-dealkylation sites (tertiary alicyclic amines) is 1. The van der Waals surface area contributed by atoms with E-state index in [-0.39, 0.29) is 11.1 Å². The van der Waals surface area contributed by atoms with E-state index in [4.69, 9.17) is 21.5 Å². The van der Waals surface area contributed by atoms with E-state index in [0.717, 1.165) is 18.4 Å². The number of alkyl halides is 6. The van der Waals surface area contributed by atoms with Crippen LogP contribution < -0.4 is 9.46 Å². The minimum atomic E-state index is -5.08. The van der Waals surface area contributed by atoms with Crippen molar-refractivity contribution >= 4 is 44.4 Å². The van der Waals surface area contributed by atoms with Crippen LogP contribution in [-0.4, -0.2) is 72.0 Å². The third kappa shape index (κ3) is 8.68. The van der Waals surface area contributed by atoms with Crippen LogP contribution in [-0.2, 0) is 21.4 Å². The van der Waals surface area contributed by atoms with Gasteiger partial charge in [-0.05, 0) is 36.8 Å². The van der Waals surface area contributed by atoms with Crippen LogP contribution in [0.3, 0.4) is 0 Å². The maximum absolute atomic E-state index is 14.7. The number of sulfonamides is 1. The lowest BCUT2D eigenvalue weighted by Gasteiger charge is -2.39. The van der Waals surface area contributed by atoms with Gasteiger partial charge in [0.2, 0.25) is 10.0 Å². The second-order valence-corrected chi connectivity index (χ2v) is 11.3. The summed E-state index contributed by atoms with van der Waals surface area (Å²) in [6.07, 6.45) is -9.12. The van der Waals surface area contributed by atoms with Crippen molar-refractivity contribution in [3.8, 4) is 5.75 Å². The molecule has 0 aliphatic carbocycles. The third-order valence-electron chi connectivity index (χ3n) is 5.60. The van der Waals surface area contributed by atoms with E-state index in [1.54, 1.807) is 22.4 Å². The largest absolute Gasteiger partial charge is 0.573 e. The van der Waals surface area contributed by atoms with E-state index < -0.39 is 51.6 Å². The summed E-state index contributed by atoms with van der Waals surface area (Å²) in [5.74, 6) is -5.14. The second-order valence-electron chi connectivity index (χ2n) is 9.08. The van der Waals surface area contributed by atoms with Crippen LogP contribution in [0.2, 0.25) is 5.02 Å². The molecule has 0 atom stereocenters. The number of ether oxygens (including phenoxy) is 1. The molecule has 1 fully saturated rings. The maximum Gasteiger partial charge on any atom is 0.573 e. The van der Waals surface area contributed by atoms with E-state index in [0.29, 0.717) is 41.8 Å². The average molecular weight is 649 g/mol. The molecule has 2 aromatic carbocycles. The topological polar surface area (TPSA) is 131 Å². The number of aliphatic carboxylic acids is 1. The van der Waals surface area contributed by atoms with E-state index >= 15 is 0 Å². The van der Waals surface area contributed by atoms with E-state index in [1.807, 2.05) is 4.90 Å². The molecule has 42 heavy (non-hydrogen) atoms. The van der Waals surface area contributed by atoms with Crippen molar-refractivity contribution in [2.45, 2.75) is 32.0 Å². The fourth-order valence-corrected chi connectivity index (χ4v) is 4.67. The number of rotatable bonds is 6. The number of carbonyl (C=O) groups excluding carboxylic acids is 1. The third-order valence-corrected chi connectivity index (χ3v) is 6.37. The second kappa shape index (κ2) is 11.9. The predicted octanol–water partition coefficient (Wildman–Crippen LogP) is 4.42. The molecule has 1 amide bonds. The molecule has 3 aromatic rings. The lowest BCUT2D eigenvalue weighted by atomic mass is 10.1. The number of benzene rings is 2. The molecule has 0 bridgehead atoms. The molecule has 1 aromatic heterocycles. The predicted molar refractivity (Wildman–Crippen MR) is 133 cm³/mol. The Bertz CT molecular complexity index is 1620. The van der Waals surface area contributed by atoms with Gasteiger partial charge in [-0.15, -0.1) is 13.2 Å². The molecule has 1 saturated heterocycles. The Morgan fingerprint density at radius 2 is 1.71 bits per heavy atom. The molecule has 2 N–H and O–H groups in total. The summed E-state index contributed by atoms with van der Waals surface area (Å²) in [6, 6.07) is 6.13. The van der Waals surface area contributed by atoms with Crippen LogP contribution in [0.1, 0.15) is 27.7 Å². The van der Waals surface area contributed by atoms with Crippen LogP contribution in [0.5, 0.6) is 5.75 Å². The SMILES string of the molecule is Cc1nn(C2CN(Cc3cc(Cl)cc(OC(F)(F)F)c3)C2)c2cc(F)c(C(=O)NS(C)(=O)=O)cc12.O=C(O)C(F)(F)F. The number of hydrogen-bond acceptors (Lipinski definition) is 7. The Kier molecular flexibility index (Phi) is 9.33. The summed E-state index contributed by atoms with van der Waals surface area (Å²) in [5, 5.41) is 12.2. The molecule has 0 radical (unpaired) electrons. The highest BCUT2D eigenvalue weighted by Crippen LogP contribution is 2.32. The molecule has 10 nitrogen and oxygen atoms in total. The molecule has 1 aliphatic heterocycles. The minimum absolute atomic E-state index is 0.110. The Labute approximate surface area is 237 Å². The van der Waals surface area contributed by atoms with Crippen LogP contribution in [0, 0.1) is 12.7 Å². The van der Waals surface area contributed by atoms with Gasteiger partial charge in [0.05, 0.1) is 29.1 Å². The average Bonchev–Trinajstić information content (AvgIpc) is 3.07. The molecule has 0 unspecified atom stereocenters. The number of nitrogens with zero attached hydrogens (tertiary/aromatic N) is 3. The van der Waals surface area contributed by atoms with Crippen LogP contribution >= 0.6 is 11.6 Å². The number of amides is 1. The van der Waals surface area contributed by atoms with Crippen LogP contribution in [0.15, 0.2) is 30.3 Å². The lowest BCUT2D eigenvalue weighted by Crippen LogP contribution is -2.47. The van der Waals surface area contributed by atoms with Crippen molar-refractivity contribution in [2.75, 3.05) is 19.3 Å². The van der Waals surface area contributed by atoms with Crippen molar-refractivity contribution in [3.63, 3.8) is 0 Å². The summed E-state index contributed by atoms with van der Waals surface area (Å²) in [5.41, 5.74) is 1.07. The van der Waals surface area contributed by atoms with E-state index in [2.05, 4.69) is 9.84 Å². The first-order valence-corrected chi connectivity index (χ1v) is 13.7.